The minimum atomic E-state index is -3.24. The molecule has 13 heteroatoms. The van der Waals surface area contributed by atoms with Gasteiger partial charge >= 0.3 is 0 Å². The lowest BCUT2D eigenvalue weighted by Gasteiger charge is -2.46. The predicted molar refractivity (Wildman–Crippen MR) is 229 cm³/mol. The zero-order chi connectivity index (χ0) is 40.4. The number of H-pyrrole nitrogens is 1. The summed E-state index contributed by atoms with van der Waals surface area (Å²) in [6.07, 6.45) is -1.59. The number of hydrogen-bond acceptors (Lipinski definition) is 9. The second-order valence-corrected chi connectivity index (χ2v) is 25.2. The van der Waals surface area contributed by atoms with Gasteiger partial charge in [0.15, 0.2) is 17.4 Å². The number of nitrogens with one attached hydrogen (secondary N) is 1. The first-order valence-corrected chi connectivity index (χ1v) is 23.3. The Bertz CT molecular complexity index is 2220. The largest absolute Gasteiger partial charge is 0.405 e. The van der Waals surface area contributed by atoms with Crippen LogP contribution in [-0.4, -0.2) is 79.4 Å². The molecule has 1 aliphatic rings. The molecule has 57 heavy (non-hydrogen) atoms. The maximum Gasteiger partial charge on any atom is 0.280 e. The molecule has 3 heterocycles. The molecule has 0 saturated carbocycles. The van der Waals surface area contributed by atoms with Gasteiger partial charge in [0.2, 0.25) is 5.95 Å². The number of nitrogens with two attached hydrogens (primary N) is 1. The van der Waals surface area contributed by atoms with Gasteiger partial charge in [0.05, 0.1) is 26.1 Å². The van der Waals surface area contributed by atoms with Crippen molar-refractivity contribution in [1.29, 1.82) is 0 Å². The Morgan fingerprint density at radius 3 is 1.68 bits per heavy atom. The summed E-state index contributed by atoms with van der Waals surface area (Å²) in [5.41, 5.74) is 5.98. The van der Waals surface area contributed by atoms with E-state index in [9.17, 15) is 9.90 Å². The number of nitrogen functional groups attached to an aromatic ring is 1. The van der Waals surface area contributed by atoms with Crippen LogP contribution in [0.3, 0.4) is 0 Å². The fourth-order valence-electron chi connectivity index (χ4n) is 8.57. The third-order valence-corrected chi connectivity index (χ3v) is 21.1. The van der Waals surface area contributed by atoms with Crippen LogP contribution >= 0.6 is 0 Å². The van der Waals surface area contributed by atoms with Gasteiger partial charge in [-0.3, -0.25) is 14.3 Å². The highest BCUT2D eigenvalue weighted by Crippen LogP contribution is 2.44. The molecule has 1 fully saturated rings. The Morgan fingerprint density at radius 1 is 0.754 bits per heavy atom. The van der Waals surface area contributed by atoms with E-state index >= 15 is 0 Å². The van der Waals surface area contributed by atoms with E-state index in [-0.39, 0.29) is 47.0 Å². The standard InChI is InChI=1S/C44H53N5O6Si2/c1-43(2,3)56(31-19-11-7-12-20-31,32-21-13-8-14-22-32)53-29-35-37(55-57(44(4,5)6,33-23-15-9-16-24-33)34-25-17-10-18-26-34)38(52-28-27-50)41(54-35)49-30-46-36-39(49)47-42(45)48-40(36)51/h7-26,30,35,37-38,41,50H,27-29H2,1-6H3,(H3,45,47,48,51)/t35-,37-,38-,41-/m1/s1. The second kappa shape index (κ2) is 16.3. The van der Waals surface area contributed by atoms with Crippen molar-refractivity contribution < 1.29 is 23.4 Å². The van der Waals surface area contributed by atoms with E-state index in [0.29, 0.717) is 0 Å². The van der Waals surface area contributed by atoms with Crippen LogP contribution in [0.4, 0.5) is 5.95 Å². The van der Waals surface area contributed by atoms with Gasteiger partial charge in [-0.05, 0) is 30.8 Å². The number of aromatic nitrogens is 4. The van der Waals surface area contributed by atoms with Crippen molar-refractivity contribution in [3.8, 4) is 0 Å². The van der Waals surface area contributed by atoms with Crippen LogP contribution < -0.4 is 32.0 Å². The Balaban J connectivity index is 1.43. The Kier molecular flexibility index (Phi) is 11.5. The number of aromatic amines is 1. The molecule has 6 aromatic rings. The summed E-state index contributed by atoms with van der Waals surface area (Å²) in [6, 6.07) is 41.8. The SMILES string of the molecule is CC(C)(C)[Si](OC[C@H]1O[C@@H](n2cnc3c(=O)[nH]c(N)nc32)[C@H](OCCO)[C@@H]1O[Si](c1ccccc1)(c1ccccc1)C(C)(C)C)(c1ccccc1)c1ccccc1. The predicted octanol–water partition coefficient (Wildman–Crippen LogP) is 4.50. The van der Waals surface area contributed by atoms with Crippen molar-refractivity contribution in [2.45, 2.75) is 76.2 Å². The van der Waals surface area contributed by atoms with Crippen LogP contribution in [0.25, 0.3) is 11.2 Å². The number of ether oxygens (including phenoxy) is 2. The third kappa shape index (κ3) is 7.45. The fraction of sp³-hybridized carbons (Fsp3) is 0.341. The molecular formula is C44H53N5O6Si2. The van der Waals surface area contributed by atoms with Crippen LogP contribution in [0.15, 0.2) is 132 Å². The molecule has 298 valence electrons. The highest BCUT2D eigenvalue weighted by molar-refractivity contribution is 7.00. The molecule has 2 aromatic heterocycles. The second-order valence-electron chi connectivity index (χ2n) is 16.6. The maximum atomic E-state index is 13.0. The van der Waals surface area contributed by atoms with E-state index in [4.69, 9.17) is 24.1 Å². The van der Waals surface area contributed by atoms with Crippen molar-refractivity contribution in [2.24, 2.45) is 0 Å². The first-order chi connectivity index (χ1) is 27.3. The summed E-state index contributed by atoms with van der Waals surface area (Å²) in [5.74, 6) is -0.0493. The van der Waals surface area contributed by atoms with Gasteiger partial charge in [-0.1, -0.05) is 163 Å². The molecule has 0 aliphatic carbocycles. The van der Waals surface area contributed by atoms with Gasteiger partial charge < -0.3 is 29.2 Å². The lowest BCUT2D eigenvalue weighted by atomic mass is 10.1. The molecule has 11 nitrogen and oxygen atoms in total. The quantitative estimate of drug-likeness (QED) is 0.144. The van der Waals surface area contributed by atoms with Crippen molar-refractivity contribution in [3.05, 3.63) is 138 Å². The number of fused-ring (bicyclic) bond motifs is 1. The average Bonchev–Trinajstić information content (AvgIpc) is 3.77. The summed E-state index contributed by atoms with van der Waals surface area (Å²) < 4.78 is 30.9. The summed E-state index contributed by atoms with van der Waals surface area (Å²) in [4.78, 5) is 24.5. The average molecular weight is 804 g/mol. The van der Waals surface area contributed by atoms with Crippen LogP contribution in [0.1, 0.15) is 47.8 Å². The summed E-state index contributed by atoms with van der Waals surface area (Å²) in [7, 11) is -6.31. The fourth-order valence-corrected chi connectivity index (χ4v) is 17.8. The van der Waals surface area contributed by atoms with Crippen LogP contribution in [0.2, 0.25) is 10.1 Å². The zero-order valence-corrected chi connectivity index (χ0v) is 35.5. The Hall–Kier alpha value is -4.74. The summed E-state index contributed by atoms with van der Waals surface area (Å²) in [6.45, 7) is 13.3. The van der Waals surface area contributed by atoms with E-state index in [0.717, 1.165) is 20.7 Å². The van der Waals surface area contributed by atoms with Gasteiger partial charge in [-0.2, -0.15) is 4.98 Å². The zero-order valence-electron chi connectivity index (χ0n) is 33.5. The lowest BCUT2D eigenvalue weighted by Crippen LogP contribution is -2.70. The van der Waals surface area contributed by atoms with E-state index in [1.165, 1.54) is 6.33 Å². The maximum absolute atomic E-state index is 13.0. The van der Waals surface area contributed by atoms with E-state index < -0.39 is 46.7 Å². The first kappa shape index (κ1) is 40.5. The van der Waals surface area contributed by atoms with Crippen molar-refractivity contribution >= 4 is 54.5 Å². The molecule has 1 aliphatic heterocycles. The Labute approximate surface area is 336 Å². The van der Waals surface area contributed by atoms with Gasteiger partial charge in [-0.15, -0.1) is 0 Å². The molecule has 0 amide bonds. The molecule has 1 saturated heterocycles. The smallest absolute Gasteiger partial charge is 0.280 e. The molecule has 7 rings (SSSR count). The van der Waals surface area contributed by atoms with Gasteiger partial charge in [0.1, 0.15) is 18.3 Å². The molecule has 0 radical (unpaired) electrons. The first-order valence-electron chi connectivity index (χ1n) is 19.5. The van der Waals surface area contributed by atoms with Crippen LogP contribution in [0, 0.1) is 0 Å². The summed E-state index contributed by atoms with van der Waals surface area (Å²) in [5, 5.41) is 14.0. The number of hydrogen-bond donors (Lipinski definition) is 3. The van der Waals surface area contributed by atoms with Crippen molar-refractivity contribution in [1.82, 2.24) is 19.5 Å². The van der Waals surface area contributed by atoms with Crippen LogP contribution in [0.5, 0.6) is 0 Å². The van der Waals surface area contributed by atoms with Crippen LogP contribution in [-0.2, 0) is 18.3 Å². The number of benzene rings is 4. The molecule has 4 aromatic carbocycles. The highest BCUT2D eigenvalue weighted by Gasteiger charge is 2.58. The molecule has 0 spiro atoms. The molecule has 4 atom stereocenters. The normalized spacial score (nSPS) is 19.3. The number of rotatable bonds is 13. The van der Waals surface area contributed by atoms with Gasteiger partial charge in [-0.25, -0.2) is 4.98 Å². The van der Waals surface area contributed by atoms with E-state index in [1.54, 1.807) is 4.57 Å². The third-order valence-electron chi connectivity index (χ3n) is 11.0. The number of nitrogens with zero attached hydrogens (tertiary/aromatic N) is 3. The number of anilines is 1. The minimum absolute atomic E-state index is 0.0101. The van der Waals surface area contributed by atoms with E-state index in [2.05, 4.69) is 154 Å². The van der Waals surface area contributed by atoms with Gasteiger partial charge in [0.25, 0.3) is 22.2 Å². The topological polar surface area (TPSA) is 147 Å². The summed E-state index contributed by atoms with van der Waals surface area (Å²) >= 11 is 0. The number of imidazole rings is 1. The molecule has 0 bridgehead atoms. The molecule has 0 unspecified atom stereocenters. The molecule has 4 N–H and O–H groups in total. The lowest BCUT2D eigenvalue weighted by molar-refractivity contribution is -0.0749. The number of aliphatic hydroxyl groups excluding tert-OH is 1. The van der Waals surface area contributed by atoms with E-state index in [1.807, 2.05) is 24.3 Å². The molecular weight excluding hydrogens is 751 g/mol. The number of aliphatic hydroxyl groups is 1. The monoisotopic (exact) mass is 803 g/mol. The van der Waals surface area contributed by atoms with Gasteiger partial charge in [0, 0.05) is 0 Å². The van der Waals surface area contributed by atoms with Crippen molar-refractivity contribution in [2.75, 3.05) is 25.6 Å². The van der Waals surface area contributed by atoms with Crippen molar-refractivity contribution in [3.63, 3.8) is 0 Å². The highest BCUT2D eigenvalue weighted by atomic mass is 28.4. The Morgan fingerprint density at radius 2 is 1.23 bits per heavy atom. The minimum Gasteiger partial charge on any atom is -0.405 e.